The molecule has 118 valence electrons. The maximum atomic E-state index is 6.06. The monoisotopic (exact) mass is 371 g/mol. The number of rotatable bonds is 4. The van der Waals surface area contributed by atoms with E-state index in [1.54, 1.807) is 0 Å². The number of likely N-dealkylation sites (tertiary alicyclic amines) is 2. The Hall–Kier alpha value is 0.0600. The van der Waals surface area contributed by atoms with Gasteiger partial charge in [-0.2, -0.15) is 0 Å². The maximum absolute atomic E-state index is 6.06. The molecule has 0 aliphatic carbocycles. The van der Waals surface area contributed by atoms with Crippen molar-refractivity contribution >= 4 is 27.3 Å². The summed E-state index contributed by atoms with van der Waals surface area (Å²) in [6.45, 7) is 5.75. The largest absolute Gasteiger partial charge is 0.329 e. The fraction of sp³-hybridized carbons (Fsp3) is 0.750. The lowest BCUT2D eigenvalue weighted by atomic mass is 9.98. The minimum absolute atomic E-state index is 0.406. The molecule has 1 aromatic heterocycles. The third kappa shape index (κ3) is 3.88. The lowest BCUT2D eigenvalue weighted by molar-refractivity contribution is 0.0743. The van der Waals surface area contributed by atoms with E-state index in [0.29, 0.717) is 6.04 Å². The van der Waals surface area contributed by atoms with Gasteiger partial charge in [-0.05, 0) is 66.8 Å². The molecule has 2 saturated heterocycles. The van der Waals surface area contributed by atoms with Crippen LogP contribution in [-0.2, 0) is 0 Å². The molecule has 3 rings (SSSR count). The van der Waals surface area contributed by atoms with Crippen molar-refractivity contribution in [3.8, 4) is 0 Å². The zero-order valence-electron chi connectivity index (χ0n) is 12.6. The van der Waals surface area contributed by atoms with Gasteiger partial charge < -0.3 is 10.6 Å². The molecule has 1 aromatic rings. The van der Waals surface area contributed by atoms with E-state index < -0.39 is 0 Å². The summed E-state index contributed by atoms with van der Waals surface area (Å²) < 4.78 is 1.21. The molecule has 21 heavy (non-hydrogen) atoms. The molecule has 3 nitrogen and oxygen atoms in total. The molecule has 0 spiro atoms. The second kappa shape index (κ2) is 7.55. The molecule has 0 aromatic carbocycles. The highest BCUT2D eigenvalue weighted by molar-refractivity contribution is 9.11. The Morgan fingerprint density at radius 3 is 2.43 bits per heavy atom. The number of hydrogen-bond acceptors (Lipinski definition) is 4. The van der Waals surface area contributed by atoms with E-state index in [1.807, 2.05) is 11.3 Å². The summed E-state index contributed by atoms with van der Waals surface area (Å²) in [5.74, 6) is 0. The molecular weight excluding hydrogens is 346 g/mol. The molecule has 1 unspecified atom stereocenters. The molecule has 0 bridgehead atoms. The lowest BCUT2D eigenvalue weighted by Crippen LogP contribution is -2.48. The summed E-state index contributed by atoms with van der Waals surface area (Å²) in [7, 11) is 0. The Morgan fingerprint density at radius 1 is 1.14 bits per heavy atom. The molecule has 0 radical (unpaired) electrons. The first-order chi connectivity index (χ1) is 10.3. The molecule has 2 N–H and O–H groups in total. The number of nitrogens with zero attached hydrogens (tertiary/aromatic N) is 2. The van der Waals surface area contributed by atoms with Crippen molar-refractivity contribution in [1.29, 1.82) is 0 Å². The molecule has 1 atom stereocenters. The minimum Gasteiger partial charge on any atom is -0.329 e. The van der Waals surface area contributed by atoms with Gasteiger partial charge in [0.1, 0.15) is 0 Å². The highest BCUT2D eigenvalue weighted by Crippen LogP contribution is 2.32. The summed E-state index contributed by atoms with van der Waals surface area (Å²) in [5.41, 5.74) is 6.06. The number of halogens is 1. The van der Waals surface area contributed by atoms with Crippen LogP contribution in [0.15, 0.2) is 15.9 Å². The van der Waals surface area contributed by atoms with Gasteiger partial charge in [-0.1, -0.05) is 6.42 Å². The SMILES string of the molecule is NCC(c1ccc(Br)s1)N1CCC(N2CCCCC2)CC1. The zero-order chi connectivity index (χ0) is 14.7. The van der Waals surface area contributed by atoms with Crippen LogP contribution in [-0.4, -0.2) is 48.6 Å². The predicted molar refractivity (Wildman–Crippen MR) is 93.8 cm³/mol. The van der Waals surface area contributed by atoms with Crippen LogP contribution in [0, 0.1) is 0 Å². The van der Waals surface area contributed by atoms with Crippen molar-refractivity contribution in [2.75, 3.05) is 32.7 Å². The van der Waals surface area contributed by atoms with E-state index in [9.17, 15) is 0 Å². The van der Waals surface area contributed by atoms with Crippen molar-refractivity contribution in [2.24, 2.45) is 5.73 Å². The van der Waals surface area contributed by atoms with Crippen molar-refractivity contribution in [2.45, 2.75) is 44.2 Å². The fourth-order valence-electron chi connectivity index (χ4n) is 3.80. The first kappa shape index (κ1) is 15.9. The Balaban J connectivity index is 1.56. The van der Waals surface area contributed by atoms with Crippen molar-refractivity contribution in [3.05, 3.63) is 20.8 Å². The molecule has 2 aliphatic rings. The highest BCUT2D eigenvalue weighted by atomic mass is 79.9. The Labute approximate surface area is 140 Å². The van der Waals surface area contributed by atoms with E-state index in [2.05, 4.69) is 37.9 Å². The first-order valence-corrected chi connectivity index (χ1v) is 9.82. The molecule has 3 heterocycles. The van der Waals surface area contributed by atoms with Gasteiger partial charge in [-0.25, -0.2) is 0 Å². The standard InChI is InChI=1S/C16H26BrN3S/c17-16-5-4-15(21-16)14(12-18)20-10-6-13(7-11-20)19-8-2-1-3-9-19/h4-5,13-14H,1-3,6-12,18H2. The number of piperidine rings is 2. The smallest absolute Gasteiger partial charge is 0.0702 e. The van der Waals surface area contributed by atoms with Crippen LogP contribution in [0.1, 0.15) is 43.0 Å². The molecule has 2 aliphatic heterocycles. The van der Waals surface area contributed by atoms with Crippen molar-refractivity contribution in [1.82, 2.24) is 9.80 Å². The Morgan fingerprint density at radius 2 is 1.86 bits per heavy atom. The van der Waals surface area contributed by atoms with Crippen LogP contribution < -0.4 is 5.73 Å². The van der Waals surface area contributed by atoms with Crippen LogP contribution in [0.25, 0.3) is 0 Å². The topological polar surface area (TPSA) is 32.5 Å². The minimum atomic E-state index is 0.406. The molecule has 0 amide bonds. The maximum Gasteiger partial charge on any atom is 0.0702 e. The van der Waals surface area contributed by atoms with Crippen molar-refractivity contribution in [3.63, 3.8) is 0 Å². The summed E-state index contributed by atoms with van der Waals surface area (Å²) in [6, 6.07) is 5.59. The van der Waals surface area contributed by atoms with Gasteiger partial charge in [0.05, 0.1) is 9.83 Å². The molecule has 5 heteroatoms. The van der Waals surface area contributed by atoms with Crippen LogP contribution in [0.4, 0.5) is 0 Å². The molecule has 0 saturated carbocycles. The summed E-state index contributed by atoms with van der Waals surface area (Å²) >= 11 is 5.40. The molecule has 2 fully saturated rings. The number of nitrogens with two attached hydrogens (primary N) is 1. The van der Waals surface area contributed by atoms with Gasteiger partial charge in [0.25, 0.3) is 0 Å². The zero-order valence-corrected chi connectivity index (χ0v) is 15.0. The van der Waals surface area contributed by atoms with E-state index >= 15 is 0 Å². The van der Waals surface area contributed by atoms with Gasteiger partial charge in [-0.3, -0.25) is 4.90 Å². The summed E-state index contributed by atoms with van der Waals surface area (Å²) in [4.78, 5) is 6.74. The van der Waals surface area contributed by atoms with Crippen LogP contribution in [0.5, 0.6) is 0 Å². The third-order valence-corrected chi connectivity index (χ3v) is 6.72. The van der Waals surface area contributed by atoms with E-state index in [1.165, 1.54) is 66.9 Å². The Bertz CT molecular complexity index is 436. The summed E-state index contributed by atoms with van der Waals surface area (Å²) in [5, 5.41) is 0. The van der Waals surface area contributed by atoms with Crippen LogP contribution >= 0.6 is 27.3 Å². The highest BCUT2D eigenvalue weighted by Gasteiger charge is 2.29. The second-order valence-corrected chi connectivity index (χ2v) is 8.75. The van der Waals surface area contributed by atoms with Gasteiger partial charge in [0, 0.05) is 30.6 Å². The van der Waals surface area contributed by atoms with Crippen molar-refractivity contribution < 1.29 is 0 Å². The van der Waals surface area contributed by atoms with Gasteiger partial charge in [0.15, 0.2) is 0 Å². The fourth-order valence-corrected chi connectivity index (χ4v) is 5.37. The quantitative estimate of drug-likeness (QED) is 0.879. The normalized spacial score (nSPS) is 24.3. The van der Waals surface area contributed by atoms with Gasteiger partial charge >= 0.3 is 0 Å². The van der Waals surface area contributed by atoms with Gasteiger partial charge in [-0.15, -0.1) is 11.3 Å². The van der Waals surface area contributed by atoms with Crippen LogP contribution in [0.2, 0.25) is 0 Å². The lowest BCUT2D eigenvalue weighted by Gasteiger charge is -2.42. The van der Waals surface area contributed by atoms with E-state index in [4.69, 9.17) is 5.73 Å². The van der Waals surface area contributed by atoms with Gasteiger partial charge in [0.2, 0.25) is 0 Å². The Kier molecular flexibility index (Phi) is 5.73. The predicted octanol–water partition coefficient (Wildman–Crippen LogP) is 3.46. The third-order valence-electron chi connectivity index (χ3n) is 4.99. The average Bonchev–Trinajstić information content (AvgIpc) is 2.96. The molecular formula is C16H26BrN3S. The number of thiophene rings is 1. The first-order valence-electron chi connectivity index (χ1n) is 8.21. The number of hydrogen-bond donors (Lipinski definition) is 1. The summed E-state index contributed by atoms with van der Waals surface area (Å²) in [6.07, 6.45) is 6.84. The van der Waals surface area contributed by atoms with E-state index in [0.717, 1.165) is 12.6 Å². The van der Waals surface area contributed by atoms with Crippen LogP contribution in [0.3, 0.4) is 0 Å². The second-order valence-electron chi connectivity index (χ2n) is 6.26. The van der Waals surface area contributed by atoms with E-state index in [-0.39, 0.29) is 0 Å². The average molecular weight is 372 g/mol.